The molecular formula is C15H20ClN3O2. The highest BCUT2D eigenvalue weighted by molar-refractivity contribution is 6.29. The van der Waals surface area contributed by atoms with Gasteiger partial charge < -0.3 is 10.2 Å². The first kappa shape index (κ1) is 15.8. The summed E-state index contributed by atoms with van der Waals surface area (Å²) in [5.41, 5.74) is 0.595. The number of hydrogen-bond acceptors (Lipinski definition) is 3. The van der Waals surface area contributed by atoms with E-state index in [1.165, 1.54) is 6.20 Å². The van der Waals surface area contributed by atoms with Gasteiger partial charge in [0.2, 0.25) is 11.8 Å². The van der Waals surface area contributed by atoms with Crippen LogP contribution in [0.1, 0.15) is 39.0 Å². The average molecular weight is 310 g/mol. The monoisotopic (exact) mass is 309 g/mol. The number of nitrogens with zero attached hydrogens (tertiary/aromatic N) is 2. The number of amides is 2. The lowest BCUT2D eigenvalue weighted by molar-refractivity contribution is -0.140. The summed E-state index contributed by atoms with van der Waals surface area (Å²) in [4.78, 5) is 30.2. The van der Waals surface area contributed by atoms with Gasteiger partial charge in [-0.2, -0.15) is 0 Å². The molecule has 1 aliphatic rings. The SMILES string of the molecule is CCCC(=O)N1CCCCC1C(=O)Nc1ccc(Cl)nc1. The lowest BCUT2D eigenvalue weighted by Crippen LogP contribution is -2.49. The van der Waals surface area contributed by atoms with Gasteiger partial charge in [0.05, 0.1) is 11.9 Å². The second-order valence-corrected chi connectivity index (χ2v) is 5.59. The Balaban J connectivity index is 2.04. The number of carbonyl (C=O) groups excluding carboxylic acids is 2. The van der Waals surface area contributed by atoms with Crippen molar-refractivity contribution in [1.29, 1.82) is 0 Å². The van der Waals surface area contributed by atoms with E-state index >= 15 is 0 Å². The lowest BCUT2D eigenvalue weighted by Gasteiger charge is -2.34. The Bertz CT molecular complexity index is 504. The zero-order valence-corrected chi connectivity index (χ0v) is 12.9. The quantitative estimate of drug-likeness (QED) is 0.870. The van der Waals surface area contributed by atoms with Gasteiger partial charge in [0, 0.05) is 13.0 Å². The molecule has 6 heteroatoms. The second kappa shape index (κ2) is 7.41. The summed E-state index contributed by atoms with van der Waals surface area (Å²) < 4.78 is 0. The number of nitrogens with one attached hydrogen (secondary N) is 1. The molecule has 2 rings (SSSR count). The van der Waals surface area contributed by atoms with Gasteiger partial charge in [-0.15, -0.1) is 0 Å². The normalized spacial score (nSPS) is 18.4. The maximum Gasteiger partial charge on any atom is 0.247 e. The highest BCUT2D eigenvalue weighted by Crippen LogP contribution is 2.20. The van der Waals surface area contributed by atoms with Crippen molar-refractivity contribution in [1.82, 2.24) is 9.88 Å². The van der Waals surface area contributed by atoms with Gasteiger partial charge >= 0.3 is 0 Å². The van der Waals surface area contributed by atoms with Crippen molar-refractivity contribution < 1.29 is 9.59 Å². The molecule has 1 saturated heterocycles. The van der Waals surface area contributed by atoms with Crippen LogP contribution in [-0.2, 0) is 9.59 Å². The maximum absolute atomic E-state index is 12.4. The molecule has 0 bridgehead atoms. The van der Waals surface area contributed by atoms with E-state index in [4.69, 9.17) is 11.6 Å². The minimum atomic E-state index is -0.381. The van der Waals surface area contributed by atoms with Crippen LogP contribution in [0.4, 0.5) is 5.69 Å². The van der Waals surface area contributed by atoms with Crippen LogP contribution in [0.25, 0.3) is 0 Å². The van der Waals surface area contributed by atoms with Gasteiger partial charge in [-0.25, -0.2) is 4.98 Å². The van der Waals surface area contributed by atoms with Crippen LogP contribution < -0.4 is 5.32 Å². The fourth-order valence-corrected chi connectivity index (χ4v) is 2.65. The highest BCUT2D eigenvalue weighted by atomic mass is 35.5. The standard InChI is InChI=1S/C15H20ClN3O2/c1-2-5-14(20)19-9-4-3-6-12(19)15(21)18-11-7-8-13(16)17-10-11/h7-8,10,12H,2-6,9H2,1H3,(H,18,21). The Morgan fingerprint density at radius 1 is 1.43 bits per heavy atom. The number of carbonyl (C=O) groups is 2. The Morgan fingerprint density at radius 2 is 2.24 bits per heavy atom. The summed E-state index contributed by atoms with van der Waals surface area (Å²) in [6.45, 7) is 2.63. The first-order valence-corrected chi connectivity index (χ1v) is 7.71. The molecule has 1 aromatic heterocycles. The van der Waals surface area contributed by atoms with E-state index in [-0.39, 0.29) is 17.9 Å². The number of hydrogen-bond donors (Lipinski definition) is 1. The largest absolute Gasteiger partial charge is 0.331 e. The molecular weight excluding hydrogens is 290 g/mol. The molecule has 2 amide bonds. The Hall–Kier alpha value is -1.62. The smallest absolute Gasteiger partial charge is 0.247 e. The van der Waals surface area contributed by atoms with Gasteiger partial charge in [0.15, 0.2) is 0 Å². The van der Waals surface area contributed by atoms with Gasteiger partial charge in [-0.3, -0.25) is 9.59 Å². The van der Waals surface area contributed by atoms with Crippen LogP contribution in [0.2, 0.25) is 5.15 Å². The Morgan fingerprint density at radius 3 is 2.90 bits per heavy atom. The zero-order valence-electron chi connectivity index (χ0n) is 12.1. The summed E-state index contributed by atoms with van der Waals surface area (Å²) in [6, 6.07) is 2.94. The maximum atomic E-state index is 12.4. The average Bonchev–Trinajstić information content (AvgIpc) is 2.50. The molecule has 5 nitrogen and oxygen atoms in total. The molecule has 2 heterocycles. The van der Waals surface area contributed by atoms with Crippen LogP contribution in [0, 0.1) is 0 Å². The summed E-state index contributed by atoms with van der Waals surface area (Å²) in [5.74, 6) is -0.0881. The van der Waals surface area contributed by atoms with E-state index in [9.17, 15) is 9.59 Å². The van der Waals surface area contributed by atoms with E-state index in [1.807, 2.05) is 6.92 Å². The minimum absolute atomic E-state index is 0.0616. The molecule has 1 atom stereocenters. The molecule has 1 fully saturated rings. The van der Waals surface area contributed by atoms with Gasteiger partial charge in [0.1, 0.15) is 11.2 Å². The number of anilines is 1. The van der Waals surface area contributed by atoms with Crippen molar-refractivity contribution in [2.75, 3.05) is 11.9 Å². The van der Waals surface area contributed by atoms with Crippen LogP contribution >= 0.6 is 11.6 Å². The van der Waals surface area contributed by atoms with Crippen molar-refractivity contribution in [2.24, 2.45) is 0 Å². The number of rotatable bonds is 4. The van der Waals surface area contributed by atoms with Crippen molar-refractivity contribution in [3.05, 3.63) is 23.5 Å². The third-order valence-electron chi connectivity index (χ3n) is 3.58. The molecule has 0 saturated carbocycles. The lowest BCUT2D eigenvalue weighted by atomic mass is 10.0. The van der Waals surface area contributed by atoms with Gasteiger partial charge in [-0.05, 0) is 37.8 Å². The van der Waals surface area contributed by atoms with Crippen LogP contribution in [0.3, 0.4) is 0 Å². The Labute approximate surface area is 129 Å². The Kier molecular flexibility index (Phi) is 5.56. The van der Waals surface area contributed by atoms with E-state index in [0.717, 1.165) is 19.3 Å². The first-order valence-electron chi connectivity index (χ1n) is 7.33. The predicted octanol–water partition coefficient (Wildman–Crippen LogP) is 2.85. The molecule has 0 spiro atoms. The van der Waals surface area contributed by atoms with Crippen molar-refractivity contribution in [3.8, 4) is 0 Å². The fraction of sp³-hybridized carbons (Fsp3) is 0.533. The van der Waals surface area contributed by atoms with Crippen molar-refractivity contribution in [2.45, 2.75) is 45.1 Å². The third kappa shape index (κ3) is 4.17. The third-order valence-corrected chi connectivity index (χ3v) is 3.81. The second-order valence-electron chi connectivity index (χ2n) is 5.21. The van der Waals surface area contributed by atoms with E-state index in [0.29, 0.717) is 30.2 Å². The van der Waals surface area contributed by atoms with Crippen molar-refractivity contribution >= 4 is 29.1 Å². The van der Waals surface area contributed by atoms with E-state index < -0.39 is 0 Å². The van der Waals surface area contributed by atoms with Crippen molar-refractivity contribution in [3.63, 3.8) is 0 Å². The fourth-order valence-electron chi connectivity index (χ4n) is 2.54. The van der Waals surface area contributed by atoms with E-state index in [1.54, 1.807) is 17.0 Å². The summed E-state index contributed by atoms with van der Waals surface area (Å²) in [7, 11) is 0. The summed E-state index contributed by atoms with van der Waals surface area (Å²) >= 11 is 5.72. The molecule has 114 valence electrons. The first-order chi connectivity index (χ1) is 10.1. The molecule has 0 aromatic carbocycles. The zero-order chi connectivity index (χ0) is 15.2. The number of halogens is 1. The number of piperidine rings is 1. The predicted molar refractivity (Wildman–Crippen MR) is 82.1 cm³/mol. The van der Waals surface area contributed by atoms with Crippen LogP contribution in [0.5, 0.6) is 0 Å². The van der Waals surface area contributed by atoms with Crippen LogP contribution in [0.15, 0.2) is 18.3 Å². The number of aromatic nitrogens is 1. The number of pyridine rings is 1. The molecule has 0 radical (unpaired) electrons. The molecule has 1 aliphatic heterocycles. The van der Waals surface area contributed by atoms with Gasteiger partial charge in [0.25, 0.3) is 0 Å². The topological polar surface area (TPSA) is 62.3 Å². The molecule has 1 unspecified atom stereocenters. The number of likely N-dealkylation sites (tertiary alicyclic amines) is 1. The van der Waals surface area contributed by atoms with Crippen LogP contribution in [-0.4, -0.2) is 34.3 Å². The molecule has 0 aliphatic carbocycles. The molecule has 1 aromatic rings. The highest BCUT2D eigenvalue weighted by Gasteiger charge is 2.31. The van der Waals surface area contributed by atoms with Gasteiger partial charge in [-0.1, -0.05) is 18.5 Å². The van der Waals surface area contributed by atoms with E-state index in [2.05, 4.69) is 10.3 Å². The molecule has 21 heavy (non-hydrogen) atoms. The minimum Gasteiger partial charge on any atom is -0.331 e. The summed E-state index contributed by atoms with van der Waals surface area (Å²) in [6.07, 6.45) is 5.44. The molecule has 1 N–H and O–H groups in total. The summed E-state index contributed by atoms with van der Waals surface area (Å²) in [5, 5.41) is 3.19.